The molecule has 1 unspecified atom stereocenters. The third-order valence-corrected chi connectivity index (χ3v) is 5.72. The molecule has 144 valence electrons. The van der Waals surface area contributed by atoms with Gasteiger partial charge in [0.25, 0.3) is 0 Å². The van der Waals surface area contributed by atoms with E-state index >= 15 is 0 Å². The molecule has 2 fully saturated rings. The van der Waals surface area contributed by atoms with Gasteiger partial charge in [-0.3, -0.25) is 9.78 Å². The normalized spacial score (nSPS) is 23.0. The lowest BCUT2D eigenvalue weighted by molar-refractivity contribution is 0.0988. The Morgan fingerprint density at radius 2 is 2.07 bits per heavy atom. The van der Waals surface area contributed by atoms with E-state index in [9.17, 15) is 4.79 Å². The van der Waals surface area contributed by atoms with Gasteiger partial charge in [0, 0.05) is 30.4 Å². The number of nitrogens with zero attached hydrogens (tertiary/aromatic N) is 3. The number of carbonyl (C=O) groups excluding carboxylic acids is 1. The maximum Gasteiger partial charge on any atom is 0.185 e. The van der Waals surface area contributed by atoms with Gasteiger partial charge in [-0.2, -0.15) is 0 Å². The van der Waals surface area contributed by atoms with Gasteiger partial charge in [0.05, 0.1) is 25.5 Å². The number of hydrogen-bond acceptors (Lipinski definition) is 5. The van der Waals surface area contributed by atoms with Crippen molar-refractivity contribution in [2.45, 2.75) is 26.2 Å². The van der Waals surface area contributed by atoms with Crippen molar-refractivity contribution in [3.63, 3.8) is 0 Å². The molecular weight excluding hydrogens is 354 g/mol. The third kappa shape index (κ3) is 2.98. The van der Waals surface area contributed by atoms with E-state index in [-0.39, 0.29) is 12.2 Å². The number of aryl methyl sites for hydroxylation is 1. The first-order valence-corrected chi connectivity index (χ1v) is 9.83. The molecule has 6 nitrogen and oxygen atoms in total. The molecule has 1 saturated heterocycles. The smallest absolute Gasteiger partial charge is 0.185 e. The van der Waals surface area contributed by atoms with Crippen LogP contribution in [0, 0.1) is 18.8 Å². The molecule has 1 aliphatic carbocycles. The van der Waals surface area contributed by atoms with E-state index in [1.165, 1.54) is 0 Å². The van der Waals surface area contributed by atoms with E-state index in [1.54, 1.807) is 6.07 Å². The molecule has 3 aromatic heterocycles. The van der Waals surface area contributed by atoms with Gasteiger partial charge in [0.15, 0.2) is 17.2 Å². The highest BCUT2D eigenvalue weighted by Gasteiger charge is 2.55. The van der Waals surface area contributed by atoms with Gasteiger partial charge in [-0.05, 0) is 49.4 Å². The van der Waals surface area contributed by atoms with Crippen molar-refractivity contribution < 1.29 is 14.3 Å². The molecule has 0 bridgehead atoms. The molecular formula is C22H23N3O3. The van der Waals surface area contributed by atoms with Crippen LogP contribution in [0.4, 0.5) is 0 Å². The van der Waals surface area contributed by atoms with Crippen molar-refractivity contribution in [1.29, 1.82) is 0 Å². The quantitative estimate of drug-likeness (QED) is 0.617. The van der Waals surface area contributed by atoms with Gasteiger partial charge >= 0.3 is 0 Å². The van der Waals surface area contributed by atoms with Crippen LogP contribution in [0.15, 0.2) is 36.7 Å². The number of hydrogen-bond donors (Lipinski definition) is 0. The topological polar surface area (TPSA) is 65.7 Å². The largest absolute Gasteiger partial charge is 0.490 e. The second-order valence-corrected chi connectivity index (χ2v) is 7.70. The molecule has 28 heavy (non-hydrogen) atoms. The third-order valence-electron chi connectivity index (χ3n) is 5.72. The fourth-order valence-corrected chi connectivity index (χ4v) is 4.31. The van der Waals surface area contributed by atoms with Gasteiger partial charge in [-0.25, -0.2) is 4.98 Å². The summed E-state index contributed by atoms with van der Waals surface area (Å²) >= 11 is 0. The first-order valence-electron chi connectivity index (χ1n) is 9.83. The molecule has 5 rings (SSSR count). The predicted octanol–water partition coefficient (Wildman–Crippen LogP) is 3.22. The Kier molecular flexibility index (Phi) is 4.16. The molecule has 0 amide bonds. The van der Waals surface area contributed by atoms with Gasteiger partial charge in [-0.1, -0.05) is 6.07 Å². The van der Waals surface area contributed by atoms with Crippen molar-refractivity contribution in [2.24, 2.45) is 11.8 Å². The standard InChI is InChI=1S/C22H23N3O3/c1-3-28-20-8-14(7-19(26)17-6-4-5-13(2)23-17)9-25-10-18(24-22(20)25)21-15-11-27-12-16(15)21/h4-6,8-10,15-16,21H,3,7,11-12H2,1-2H3/t15-,16+,21?. The molecule has 3 aromatic rings. The monoisotopic (exact) mass is 377 g/mol. The van der Waals surface area contributed by atoms with Crippen LogP contribution in [0.25, 0.3) is 5.65 Å². The number of ether oxygens (including phenoxy) is 2. The van der Waals surface area contributed by atoms with Crippen LogP contribution >= 0.6 is 0 Å². The SMILES string of the molecule is CCOc1cc(CC(=O)c2cccc(C)n2)cn2cc(C3[C@H]4COC[C@@H]34)nc12. The number of imidazole rings is 1. The first kappa shape index (κ1) is 17.4. The van der Waals surface area contributed by atoms with Crippen LogP contribution in [0.2, 0.25) is 0 Å². The zero-order valence-electron chi connectivity index (χ0n) is 16.1. The van der Waals surface area contributed by atoms with E-state index in [0.29, 0.717) is 30.1 Å². The molecule has 2 aliphatic rings. The minimum atomic E-state index is -0.000268. The summed E-state index contributed by atoms with van der Waals surface area (Å²) < 4.78 is 13.3. The Bertz CT molecular complexity index is 1050. The number of carbonyl (C=O) groups is 1. The van der Waals surface area contributed by atoms with E-state index in [4.69, 9.17) is 14.5 Å². The maximum absolute atomic E-state index is 12.7. The second kappa shape index (κ2) is 6.71. The molecule has 0 aromatic carbocycles. The van der Waals surface area contributed by atoms with Crippen LogP contribution in [0.3, 0.4) is 0 Å². The van der Waals surface area contributed by atoms with Gasteiger partial charge in [0.1, 0.15) is 5.69 Å². The molecule has 3 atom stereocenters. The van der Waals surface area contributed by atoms with Crippen molar-refractivity contribution in [3.05, 3.63) is 59.3 Å². The Balaban J connectivity index is 1.46. The average molecular weight is 377 g/mol. The highest BCUT2D eigenvalue weighted by Crippen LogP contribution is 2.57. The van der Waals surface area contributed by atoms with Gasteiger partial charge in [-0.15, -0.1) is 0 Å². The molecule has 4 heterocycles. The fraction of sp³-hybridized carbons (Fsp3) is 0.409. The summed E-state index contributed by atoms with van der Waals surface area (Å²) in [6, 6.07) is 7.45. The zero-order valence-corrected chi connectivity index (χ0v) is 16.1. The summed E-state index contributed by atoms with van der Waals surface area (Å²) in [6.07, 6.45) is 4.35. The lowest BCUT2D eigenvalue weighted by atomic mass is 10.1. The van der Waals surface area contributed by atoms with E-state index < -0.39 is 0 Å². The zero-order chi connectivity index (χ0) is 19.3. The minimum absolute atomic E-state index is 0.000268. The number of pyridine rings is 2. The first-order chi connectivity index (χ1) is 13.6. The van der Waals surface area contributed by atoms with E-state index in [0.717, 1.165) is 41.6 Å². The number of ketones is 1. The number of Topliss-reactive ketones (excluding diaryl/α,β-unsaturated/α-hetero) is 1. The lowest BCUT2D eigenvalue weighted by Crippen LogP contribution is -2.08. The van der Waals surface area contributed by atoms with Crippen molar-refractivity contribution in [3.8, 4) is 5.75 Å². The maximum atomic E-state index is 12.7. The Hall–Kier alpha value is -2.73. The van der Waals surface area contributed by atoms with Crippen LogP contribution in [-0.4, -0.2) is 40.0 Å². The van der Waals surface area contributed by atoms with Crippen LogP contribution < -0.4 is 4.74 Å². The Morgan fingerprint density at radius 1 is 1.25 bits per heavy atom. The van der Waals surface area contributed by atoms with Crippen molar-refractivity contribution in [1.82, 2.24) is 14.4 Å². The molecule has 0 N–H and O–H groups in total. The Labute approximate surface area is 163 Å². The van der Waals surface area contributed by atoms with Gasteiger partial charge < -0.3 is 13.9 Å². The predicted molar refractivity (Wildman–Crippen MR) is 104 cm³/mol. The highest BCUT2D eigenvalue weighted by molar-refractivity contribution is 5.95. The number of fused-ring (bicyclic) bond motifs is 2. The summed E-state index contributed by atoms with van der Waals surface area (Å²) in [5.41, 5.74) is 4.15. The number of rotatable bonds is 6. The summed E-state index contributed by atoms with van der Waals surface area (Å²) in [5, 5.41) is 0. The molecule has 1 saturated carbocycles. The molecule has 1 aliphatic heterocycles. The fourth-order valence-electron chi connectivity index (χ4n) is 4.31. The lowest BCUT2D eigenvalue weighted by Gasteiger charge is -2.08. The minimum Gasteiger partial charge on any atom is -0.490 e. The van der Waals surface area contributed by atoms with Crippen LogP contribution in [0.1, 0.15) is 40.3 Å². The van der Waals surface area contributed by atoms with Crippen LogP contribution in [-0.2, 0) is 11.2 Å². The van der Waals surface area contributed by atoms with Gasteiger partial charge in [0.2, 0.25) is 0 Å². The summed E-state index contributed by atoms with van der Waals surface area (Å²) in [5.74, 6) is 2.42. The van der Waals surface area contributed by atoms with Crippen molar-refractivity contribution in [2.75, 3.05) is 19.8 Å². The average Bonchev–Trinajstić information content (AvgIpc) is 3.02. The van der Waals surface area contributed by atoms with Crippen LogP contribution in [0.5, 0.6) is 5.75 Å². The Morgan fingerprint density at radius 3 is 2.82 bits per heavy atom. The second-order valence-electron chi connectivity index (χ2n) is 7.70. The number of aromatic nitrogens is 3. The summed E-state index contributed by atoms with van der Waals surface area (Å²) in [7, 11) is 0. The van der Waals surface area contributed by atoms with E-state index in [1.807, 2.05) is 42.6 Å². The summed E-state index contributed by atoms with van der Waals surface area (Å²) in [4.78, 5) is 21.9. The van der Waals surface area contributed by atoms with E-state index in [2.05, 4.69) is 11.2 Å². The highest BCUT2D eigenvalue weighted by atomic mass is 16.5. The molecule has 0 spiro atoms. The molecule has 6 heteroatoms. The molecule has 0 radical (unpaired) electrons. The summed E-state index contributed by atoms with van der Waals surface area (Å²) in [6.45, 7) is 6.07. The van der Waals surface area contributed by atoms with Crippen molar-refractivity contribution >= 4 is 11.4 Å².